The SMILES string of the molecule is O=C1CN(C(=O)COC(=O)c2sccc2S(=O)(=O)N2CCSCC2)c2ccccc2N1. The van der Waals surface area contributed by atoms with Gasteiger partial charge in [-0.2, -0.15) is 16.1 Å². The topological polar surface area (TPSA) is 113 Å². The van der Waals surface area contributed by atoms with Crippen LogP contribution in [0.5, 0.6) is 0 Å². The van der Waals surface area contributed by atoms with Crippen LogP contribution in [0.4, 0.5) is 11.4 Å². The number of para-hydroxylation sites is 2. The van der Waals surface area contributed by atoms with Crippen LogP contribution in [0.2, 0.25) is 0 Å². The van der Waals surface area contributed by atoms with E-state index in [9.17, 15) is 22.8 Å². The Hall–Kier alpha value is -2.41. The quantitative estimate of drug-likeness (QED) is 0.646. The summed E-state index contributed by atoms with van der Waals surface area (Å²) in [6, 6.07) is 8.18. The molecule has 1 saturated heterocycles. The summed E-state index contributed by atoms with van der Waals surface area (Å²) in [7, 11) is -3.82. The molecule has 0 atom stereocenters. The highest BCUT2D eigenvalue weighted by atomic mass is 32.2. The maximum absolute atomic E-state index is 12.9. The molecule has 1 aromatic heterocycles. The van der Waals surface area contributed by atoms with E-state index in [0.717, 1.165) is 11.3 Å². The van der Waals surface area contributed by atoms with Crippen molar-refractivity contribution in [2.24, 2.45) is 0 Å². The second-order valence-corrected chi connectivity index (χ2v) is 10.8. The number of carbonyl (C=O) groups is 3. The maximum atomic E-state index is 12.9. The van der Waals surface area contributed by atoms with Gasteiger partial charge in [0.2, 0.25) is 15.9 Å². The van der Waals surface area contributed by atoms with Gasteiger partial charge in [0.25, 0.3) is 5.91 Å². The highest BCUT2D eigenvalue weighted by molar-refractivity contribution is 7.99. The molecule has 0 spiro atoms. The van der Waals surface area contributed by atoms with Crippen LogP contribution in [0.3, 0.4) is 0 Å². The predicted octanol–water partition coefficient (Wildman–Crippen LogP) is 1.63. The third-order valence-corrected chi connectivity index (χ3v) is 8.71. The van der Waals surface area contributed by atoms with E-state index >= 15 is 0 Å². The van der Waals surface area contributed by atoms with Gasteiger partial charge in [-0.3, -0.25) is 14.5 Å². The minimum absolute atomic E-state index is 0.0668. The molecule has 4 rings (SSSR count). The fraction of sp³-hybridized carbons (Fsp3) is 0.316. The molecule has 0 unspecified atom stereocenters. The Labute approximate surface area is 187 Å². The number of amides is 2. The summed E-state index contributed by atoms with van der Waals surface area (Å²) >= 11 is 2.63. The molecule has 1 aromatic carbocycles. The van der Waals surface area contributed by atoms with Crippen LogP contribution in [0, 0.1) is 0 Å². The Morgan fingerprint density at radius 1 is 1.13 bits per heavy atom. The third-order valence-electron chi connectivity index (χ3n) is 4.80. The number of ether oxygens (including phenoxy) is 1. The zero-order chi connectivity index (χ0) is 22.0. The summed E-state index contributed by atoms with van der Waals surface area (Å²) in [6.07, 6.45) is 0. The van der Waals surface area contributed by atoms with E-state index in [1.165, 1.54) is 20.7 Å². The minimum Gasteiger partial charge on any atom is -0.451 e. The van der Waals surface area contributed by atoms with Crippen LogP contribution < -0.4 is 10.2 Å². The van der Waals surface area contributed by atoms with Crippen LogP contribution in [-0.4, -0.2) is 68.3 Å². The standard InChI is InChI=1S/C19H19N3O6S3/c23-16-11-22(14-4-2-1-3-13(14)20-16)17(24)12-28-19(25)18-15(5-8-30-18)31(26,27)21-6-9-29-10-7-21/h1-5,8H,6-7,9-12H2,(H,20,23). The Bertz CT molecular complexity index is 1120. The van der Waals surface area contributed by atoms with Gasteiger partial charge in [-0.15, -0.1) is 11.3 Å². The Morgan fingerprint density at radius 2 is 1.87 bits per heavy atom. The second kappa shape index (κ2) is 8.99. The number of nitrogens with zero attached hydrogens (tertiary/aromatic N) is 2. The number of thiophene rings is 1. The van der Waals surface area contributed by atoms with Gasteiger partial charge in [-0.25, -0.2) is 13.2 Å². The lowest BCUT2D eigenvalue weighted by atomic mass is 10.2. The molecule has 31 heavy (non-hydrogen) atoms. The number of sulfonamides is 1. The van der Waals surface area contributed by atoms with Crippen LogP contribution in [-0.2, 0) is 24.3 Å². The fourth-order valence-corrected chi connectivity index (χ4v) is 7.16. The van der Waals surface area contributed by atoms with Crippen molar-refractivity contribution >= 4 is 62.3 Å². The summed E-state index contributed by atoms with van der Waals surface area (Å²) in [4.78, 5) is 38.2. The van der Waals surface area contributed by atoms with Crippen molar-refractivity contribution in [2.75, 3.05) is 48.0 Å². The molecule has 1 N–H and O–H groups in total. The van der Waals surface area contributed by atoms with E-state index in [0.29, 0.717) is 36.0 Å². The van der Waals surface area contributed by atoms with Crippen molar-refractivity contribution in [3.05, 3.63) is 40.6 Å². The summed E-state index contributed by atoms with van der Waals surface area (Å²) < 4.78 is 32.4. The van der Waals surface area contributed by atoms with E-state index in [1.54, 1.807) is 36.0 Å². The number of thioether (sulfide) groups is 1. The van der Waals surface area contributed by atoms with Gasteiger partial charge in [0.1, 0.15) is 16.3 Å². The zero-order valence-electron chi connectivity index (χ0n) is 16.3. The fourth-order valence-electron chi connectivity index (χ4n) is 3.30. The van der Waals surface area contributed by atoms with Crippen molar-refractivity contribution in [2.45, 2.75) is 4.90 Å². The normalized spacial score (nSPS) is 17.0. The number of esters is 1. The largest absolute Gasteiger partial charge is 0.451 e. The number of fused-ring (bicyclic) bond motifs is 1. The first-order valence-corrected chi connectivity index (χ1v) is 12.9. The van der Waals surface area contributed by atoms with Crippen molar-refractivity contribution in [1.29, 1.82) is 0 Å². The minimum atomic E-state index is -3.82. The van der Waals surface area contributed by atoms with E-state index < -0.39 is 28.5 Å². The average Bonchev–Trinajstić information content (AvgIpc) is 3.28. The van der Waals surface area contributed by atoms with Crippen molar-refractivity contribution in [3.63, 3.8) is 0 Å². The van der Waals surface area contributed by atoms with Gasteiger partial charge in [0.05, 0.1) is 11.4 Å². The van der Waals surface area contributed by atoms with E-state index in [4.69, 9.17) is 4.74 Å². The van der Waals surface area contributed by atoms with Crippen LogP contribution in [0.15, 0.2) is 40.6 Å². The number of benzene rings is 1. The Morgan fingerprint density at radius 3 is 2.65 bits per heavy atom. The van der Waals surface area contributed by atoms with Crippen molar-refractivity contribution in [1.82, 2.24) is 4.31 Å². The number of hydrogen-bond acceptors (Lipinski definition) is 8. The monoisotopic (exact) mass is 481 g/mol. The lowest BCUT2D eigenvalue weighted by Crippen LogP contribution is -2.44. The van der Waals surface area contributed by atoms with Gasteiger partial charge >= 0.3 is 5.97 Å². The molecular weight excluding hydrogens is 462 g/mol. The molecule has 0 radical (unpaired) electrons. The Kier molecular flexibility index (Phi) is 6.32. The van der Waals surface area contributed by atoms with E-state index in [2.05, 4.69) is 5.32 Å². The maximum Gasteiger partial charge on any atom is 0.350 e. The van der Waals surface area contributed by atoms with Crippen LogP contribution in [0.25, 0.3) is 0 Å². The van der Waals surface area contributed by atoms with E-state index in [-0.39, 0.29) is 22.2 Å². The van der Waals surface area contributed by atoms with Gasteiger partial charge in [0, 0.05) is 24.6 Å². The number of rotatable bonds is 5. The number of anilines is 2. The second-order valence-electron chi connectivity index (χ2n) is 6.75. The van der Waals surface area contributed by atoms with Gasteiger partial charge in [0.15, 0.2) is 6.61 Å². The van der Waals surface area contributed by atoms with Crippen molar-refractivity contribution < 1.29 is 27.5 Å². The number of carbonyl (C=O) groups excluding carboxylic acids is 3. The summed E-state index contributed by atoms with van der Waals surface area (Å²) in [5.74, 6) is -0.428. The van der Waals surface area contributed by atoms with Gasteiger partial charge in [-0.1, -0.05) is 12.1 Å². The molecule has 164 valence electrons. The van der Waals surface area contributed by atoms with Crippen LogP contribution >= 0.6 is 23.1 Å². The lowest BCUT2D eigenvalue weighted by molar-refractivity contribution is -0.124. The molecule has 2 aromatic rings. The number of hydrogen-bond donors (Lipinski definition) is 1. The zero-order valence-corrected chi connectivity index (χ0v) is 18.7. The van der Waals surface area contributed by atoms with Gasteiger partial charge < -0.3 is 10.1 Å². The first kappa shape index (κ1) is 21.8. The van der Waals surface area contributed by atoms with Crippen LogP contribution in [0.1, 0.15) is 9.67 Å². The molecular formula is C19H19N3O6S3. The lowest BCUT2D eigenvalue weighted by Gasteiger charge is -2.28. The number of nitrogens with one attached hydrogen (secondary N) is 1. The van der Waals surface area contributed by atoms with Crippen molar-refractivity contribution in [3.8, 4) is 0 Å². The first-order valence-electron chi connectivity index (χ1n) is 9.39. The molecule has 0 aliphatic carbocycles. The third kappa shape index (κ3) is 4.47. The predicted molar refractivity (Wildman–Crippen MR) is 118 cm³/mol. The first-order chi connectivity index (χ1) is 14.9. The highest BCUT2D eigenvalue weighted by Gasteiger charge is 2.33. The molecule has 0 bridgehead atoms. The highest BCUT2D eigenvalue weighted by Crippen LogP contribution is 2.30. The van der Waals surface area contributed by atoms with E-state index in [1.807, 2.05) is 0 Å². The smallest absolute Gasteiger partial charge is 0.350 e. The molecule has 0 saturated carbocycles. The molecule has 3 heterocycles. The molecule has 2 aliphatic rings. The summed E-state index contributed by atoms with van der Waals surface area (Å²) in [6.45, 7) is -0.0459. The molecule has 1 fully saturated rings. The van der Waals surface area contributed by atoms with Gasteiger partial charge in [-0.05, 0) is 23.6 Å². The summed E-state index contributed by atoms with van der Waals surface area (Å²) in [5.41, 5.74) is 0.996. The molecule has 9 nitrogen and oxygen atoms in total. The summed E-state index contributed by atoms with van der Waals surface area (Å²) in [5, 5.41) is 4.18. The average molecular weight is 482 g/mol. The Balaban J connectivity index is 1.46. The molecule has 12 heteroatoms. The molecule has 2 amide bonds. The molecule has 2 aliphatic heterocycles.